The van der Waals surface area contributed by atoms with E-state index in [9.17, 15) is 8.42 Å². The number of fused-ring (bicyclic) bond motifs is 1. The second-order valence-electron chi connectivity index (χ2n) is 4.53. The van der Waals surface area contributed by atoms with Gasteiger partial charge in [-0.3, -0.25) is 0 Å². The average molecular weight is 286 g/mol. The molecule has 0 saturated carbocycles. The summed E-state index contributed by atoms with van der Waals surface area (Å²) in [7, 11) is -3.59. The maximum absolute atomic E-state index is 12.6. The van der Waals surface area contributed by atoms with Gasteiger partial charge in [0.15, 0.2) is 0 Å². The largest absolute Gasteiger partial charge is 0.269 e. The molecule has 0 aliphatic carbocycles. The number of imidazole rings is 1. The van der Waals surface area contributed by atoms with Gasteiger partial charge in [-0.15, -0.1) is 0 Å². The molecular weight excluding hydrogens is 272 g/mol. The van der Waals surface area contributed by atoms with Crippen molar-refractivity contribution in [2.75, 3.05) is 0 Å². The number of para-hydroxylation sites is 2. The van der Waals surface area contributed by atoms with Crippen molar-refractivity contribution in [3.05, 3.63) is 60.4 Å². The van der Waals surface area contributed by atoms with Crippen LogP contribution >= 0.6 is 0 Å². The van der Waals surface area contributed by atoms with Gasteiger partial charge in [0.25, 0.3) is 10.0 Å². The third-order valence-electron chi connectivity index (χ3n) is 3.31. The maximum Gasteiger partial charge on any atom is 0.269 e. The van der Waals surface area contributed by atoms with E-state index < -0.39 is 10.0 Å². The molecule has 0 atom stereocenters. The van der Waals surface area contributed by atoms with Gasteiger partial charge >= 0.3 is 0 Å². The highest BCUT2D eigenvalue weighted by atomic mass is 32.2. The molecule has 0 unspecified atom stereocenters. The number of rotatable bonds is 3. The van der Waals surface area contributed by atoms with Crippen LogP contribution in [0.3, 0.4) is 0 Å². The van der Waals surface area contributed by atoms with Gasteiger partial charge in [0.05, 0.1) is 15.9 Å². The summed E-state index contributed by atoms with van der Waals surface area (Å²) in [4.78, 5) is 4.40. The van der Waals surface area contributed by atoms with Crippen LogP contribution in [0.1, 0.15) is 12.5 Å². The summed E-state index contributed by atoms with van der Waals surface area (Å²) in [6.45, 7) is 2.03. The molecule has 0 aliphatic heterocycles. The molecule has 102 valence electrons. The van der Waals surface area contributed by atoms with Gasteiger partial charge in [0.2, 0.25) is 0 Å². The predicted molar refractivity (Wildman–Crippen MR) is 78.1 cm³/mol. The molecule has 0 saturated heterocycles. The number of nitrogens with zero attached hydrogens (tertiary/aromatic N) is 2. The zero-order chi connectivity index (χ0) is 14.2. The van der Waals surface area contributed by atoms with Crippen LogP contribution in [0.2, 0.25) is 0 Å². The van der Waals surface area contributed by atoms with Crippen LogP contribution in [0.5, 0.6) is 0 Å². The first-order valence-corrected chi connectivity index (χ1v) is 7.83. The smallest absolute Gasteiger partial charge is 0.236 e. The number of aromatic nitrogens is 2. The standard InChI is InChI=1S/C15H14N2O2S/c1-2-12-7-9-13(10-8-12)20(18,19)17-11-16-14-5-3-4-6-15(14)17/h3-11H,2H2,1H3. The van der Waals surface area contributed by atoms with Crippen LogP contribution < -0.4 is 0 Å². The third kappa shape index (κ3) is 2.00. The Labute approximate surface area is 117 Å². The van der Waals surface area contributed by atoms with E-state index in [0.717, 1.165) is 12.0 Å². The van der Waals surface area contributed by atoms with Crippen LogP contribution in [-0.4, -0.2) is 17.4 Å². The van der Waals surface area contributed by atoms with Crippen molar-refractivity contribution in [2.45, 2.75) is 18.2 Å². The molecule has 0 radical (unpaired) electrons. The topological polar surface area (TPSA) is 52.0 Å². The van der Waals surface area contributed by atoms with E-state index in [1.807, 2.05) is 25.1 Å². The van der Waals surface area contributed by atoms with Crippen molar-refractivity contribution in [3.63, 3.8) is 0 Å². The highest BCUT2D eigenvalue weighted by Gasteiger charge is 2.19. The molecule has 0 aliphatic rings. The number of hydrogen-bond donors (Lipinski definition) is 0. The second-order valence-corrected chi connectivity index (χ2v) is 6.35. The summed E-state index contributed by atoms with van der Waals surface area (Å²) in [6.07, 6.45) is 2.24. The van der Waals surface area contributed by atoms with Crippen molar-refractivity contribution in [1.29, 1.82) is 0 Å². The monoisotopic (exact) mass is 286 g/mol. The predicted octanol–water partition coefficient (Wildman–Crippen LogP) is 2.84. The summed E-state index contributed by atoms with van der Waals surface area (Å²) in [5.74, 6) is 0. The highest BCUT2D eigenvalue weighted by molar-refractivity contribution is 7.90. The Kier molecular flexibility index (Phi) is 3.06. The van der Waals surface area contributed by atoms with Crippen LogP contribution in [0.4, 0.5) is 0 Å². The van der Waals surface area contributed by atoms with Gasteiger partial charge in [-0.25, -0.2) is 17.4 Å². The molecule has 0 fully saturated rings. The van der Waals surface area contributed by atoms with Gasteiger partial charge in [-0.1, -0.05) is 31.2 Å². The van der Waals surface area contributed by atoms with Crippen molar-refractivity contribution in [1.82, 2.24) is 8.96 Å². The minimum atomic E-state index is -3.59. The Hall–Kier alpha value is -2.14. The fourth-order valence-electron chi connectivity index (χ4n) is 2.14. The summed E-state index contributed by atoms with van der Waals surface area (Å²) in [6, 6.07) is 14.1. The van der Waals surface area contributed by atoms with Crippen molar-refractivity contribution in [3.8, 4) is 0 Å². The zero-order valence-corrected chi connectivity index (χ0v) is 11.8. The molecule has 5 heteroatoms. The first-order chi connectivity index (χ1) is 9.63. The van der Waals surface area contributed by atoms with Gasteiger partial charge in [-0.2, -0.15) is 0 Å². The average Bonchev–Trinajstić information content (AvgIpc) is 2.92. The Bertz CT molecular complexity index is 849. The van der Waals surface area contributed by atoms with Crippen molar-refractivity contribution < 1.29 is 8.42 Å². The molecular formula is C15H14N2O2S. The van der Waals surface area contributed by atoms with Crippen molar-refractivity contribution in [2.24, 2.45) is 0 Å². The van der Waals surface area contributed by atoms with E-state index in [4.69, 9.17) is 0 Å². The number of aryl methyl sites for hydroxylation is 1. The number of benzene rings is 2. The van der Waals surface area contributed by atoms with E-state index in [1.165, 1.54) is 10.3 Å². The Balaban J connectivity index is 2.15. The first kappa shape index (κ1) is 12.9. The first-order valence-electron chi connectivity index (χ1n) is 6.39. The van der Waals surface area contributed by atoms with Crippen LogP contribution in [0, 0.1) is 0 Å². The lowest BCUT2D eigenvalue weighted by Crippen LogP contribution is -2.11. The Morgan fingerprint density at radius 2 is 1.75 bits per heavy atom. The van der Waals surface area contributed by atoms with Gasteiger partial charge in [0.1, 0.15) is 6.33 Å². The lowest BCUT2D eigenvalue weighted by molar-refractivity contribution is 0.588. The number of hydrogen-bond acceptors (Lipinski definition) is 3. The van der Waals surface area contributed by atoms with E-state index in [0.29, 0.717) is 11.0 Å². The fourth-order valence-corrected chi connectivity index (χ4v) is 3.43. The van der Waals surface area contributed by atoms with E-state index in [-0.39, 0.29) is 4.90 Å². The second kappa shape index (κ2) is 4.76. The third-order valence-corrected chi connectivity index (χ3v) is 4.99. The summed E-state index contributed by atoms with van der Waals surface area (Å²) < 4.78 is 26.5. The molecule has 0 N–H and O–H groups in total. The fraction of sp³-hybridized carbons (Fsp3) is 0.133. The van der Waals surface area contributed by atoms with E-state index >= 15 is 0 Å². The van der Waals surface area contributed by atoms with Crippen LogP contribution in [0.25, 0.3) is 11.0 Å². The van der Waals surface area contributed by atoms with Gasteiger partial charge < -0.3 is 0 Å². The van der Waals surface area contributed by atoms with Crippen LogP contribution in [-0.2, 0) is 16.4 Å². The molecule has 3 aromatic rings. The van der Waals surface area contributed by atoms with E-state index in [2.05, 4.69) is 4.98 Å². The SMILES string of the molecule is CCc1ccc(S(=O)(=O)n2cnc3ccccc32)cc1. The lowest BCUT2D eigenvalue weighted by Gasteiger charge is -2.07. The minimum Gasteiger partial charge on any atom is -0.236 e. The summed E-state index contributed by atoms with van der Waals surface area (Å²) in [5.41, 5.74) is 2.37. The van der Waals surface area contributed by atoms with Crippen molar-refractivity contribution >= 4 is 21.1 Å². The Morgan fingerprint density at radius 1 is 1.05 bits per heavy atom. The zero-order valence-electron chi connectivity index (χ0n) is 11.0. The molecule has 4 nitrogen and oxygen atoms in total. The van der Waals surface area contributed by atoms with E-state index in [1.54, 1.807) is 30.3 Å². The minimum absolute atomic E-state index is 0.276. The normalized spacial score (nSPS) is 11.8. The molecule has 3 rings (SSSR count). The molecule has 1 heterocycles. The van der Waals surface area contributed by atoms with Gasteiger partial charge in [0, 0.05) is 0 Å². The van der Waals surface area contributed by atoms with Crippen LogP contribution in [0.15, 0.2) is 59.8 Å². The van der Waals surface area contributed by atoms with Gasteiger partial charge in [-0.05, 0) is 36.2 Å². The molecule has 0 bridgehead atoms. The molecule has 1 aromatic heterocycles. The lowest BCUT2D eigenvalue weighted by atomic mass is 10.2. The summed E-state index contributed by atoms with van der Waals surface area (Å²) in [5, 5.41) is 0. The Morgan fingerprint density at radius 3 is 2.45 bits per heavy atom. The summed E-state index contributed by atoms with van der Waals surface area (Å²) >= 11 is 0. The quantitative estimate of drug-likeness (QED) is 0.744. The maximum atomic E-state index is 12.6. The molecule has 0 spiro atoms. The molecule has 2 aromatic carbocycles. The molecule has 20 heavy (non-hydrogen) atoms. The highest BCUT2D eigenvalue weighted by Crippen LogP contribution is 2.20. The molecule has 0 amide bonds.